The highest BCUT2D eigenvalue weighted by Gasteiger charge is 2.28. The number of ether oxygens (including phenoxy) is 1. The molecule has 0 spiro atoms. The first kappa shape index (κ1) is 31.2. The minimum absolute atomic E-state index is 0.00516. The summed E-state index contributed by atoms with van der Waals surface area (Å²) in [5.74, 6) is 0.0648. The van der Waals surface area contributed by atoms with Gasteiger partial charge in [-0.2, -0.15) is 0 Å². The highest BCUT2D eigenvalue weighted by Crippen LogP contribution is 2.22. The van der Waals surface area contributed by atoms with E-state index >= 15 is 0 Å². The molecule has 2 aliphatic rings. The van der Waals surface area contributed by atoms with Gasteiger partial charge >= 0.3 is 0 Å². The number of aliphatic imine (C=N–C) groups is 3. The average Bonchev–Trinajstić information content (AvgIpc) is 3.17. The van der Waals surface area contributed by atoms with Crippen LogP contribution in [0.2, 0.25) is 0 Å². The zero-order valence-electron chi connectivity index (χ0n) is 23.3. The summed E-state index contributed by atoms with van der Waals surface area (Å²) in [6, 6.07) is -0.110. The molecule has 1 N–H and O–H groups in total. The second-order valence-corrected chi connectivity index (χ2v) is 9.00. The quantitative estimate of drug-likeness (QED) is 0.130. The van der Waals surface area contributed by atoms with Gasteiger partial charge in [-0.15, -0.1) is 13.2 Å². The fourth-order valence-corrected chi connectivity index (χ4v) is 4.37. The van der Waals surface area contributed by atoms with E-state index in [1.54, 1.807) is 24.6 Å². The number of nitrogens with one attached hydrogen (secondary N) is 1. The first-order chi connectivity index (χ1) is 19.0. The Kier molecular flexibility index (Phi) is 14.0. The molecule has 206 valence electrons. The van der Waals surface area contributed by atoms with Gasteiger partial charge in [-0.3, -0.25) is 14.9 Å². The van der Waals surface area contributed by atoms with Gasteiger partial charge in [-0.25, -0.2) is 4.99 Å². The van der Waals surface area contributed by atoms with Crippen LogP contribution in [0.25, 0.3) is 0 Å². The lowest BCUT2D eigenvalue weighted by Crippen LogP contribution is -2.44. The van der Waals surface area contributed by atoms with Crippen molar-refractivity contribution >= 4 is 18.6 Å². The van der Waals surface area contributed by atoms with Crippen molar-refractivity contribution in [2.75, 3.05) is 19.7 Å². The van der Waals surface area contributed by atoms with E-state index in [1.165, 1.54) is 0 Å². The average molecular weight is 526 g/mol. The Hall–Kier alpha value is -4.03. The Labute approximate surface area is 235 Å². The predicted octanol–water partition coefficient (Wildman–Crippen LogP) is 6.31. The summed E-state index contributed by atoms with van der Waals surface area (Å²) in [6.45, 7) is 27.8. The summed E-state index contributed by atoms with van der Waals surface area (Å²) < 4.78 is 5.79. The Bertz CT molecular complexity index is 1100. The maximum Gasteiger partial charge on any atom is 0.143 e. The zero-order chi connectivity index (χ0) is 28.5. The second kappa shape index (κ2) is 17.5. The summed E-state index contributed by atoms with van der Waals surface area (Å²) in [5, 5.41) is 3.28. The lowest BCUT2D eigenvalue weighted by atomic mass is 9.90. The third-order valence-electron chi connectivity index (χ3n) is 6.56. The monoisotopic (exact) mass is 525 g/mol. The minimum atomic E-state index is -0.130. The van der Waals surface area contributed by atoms with Crippen LogP contribution in [-0.2, 0) is 4.74 Å². The van der Waals surface area contributed by atoms with E-state index in [0.717, 1.165) is 42.1 Å². The van der Waals surface area contributed by atoms with Crippen LogP contribution in [0, 0.1) is 5.92 Å². The molecule has 6 nitrogen and oxygen atoms in total. The van der Waals surface area contributed by atoms with Crippen LogP contribution in [0.5, 0.6) is 0 Å². The molecule has 39 heavy (non-hydrogen) atoms. The molecule has 2 rings (SSSR count). The Morgan fingerprint density at radius 1 is 1.18 bits per heavy atom. The van der Waals surface area contributed by atoms with E-state index < -0.39 is 0 Å². The van der Waals surface area contributed by atoms with Crippen molar-refractivity contribution in [3.63, 3.8) is 0 Å². The molecule has 2 heterocycles. The van der Waals surface area contributed by atoms with Gasteiger partial charge < -0.3 is 10.1 Å². The fourth-order valence-electron chi connectivity index (χ4n) is 4.37. The molecule has 0 amide bonds. The van der Waals surface area contributed by atoms with Crippen molar-refractivity contribution in [2.24, 2.45) is 20.9 Å². The third kappa shape index (κ3) is 9.65. The highest BCUT2D eigenvalue weighted by molar-refractivity contribution is 6.10. The van der Waals surface area contributed by atoms with E-state index in [2.05, 4.69) is 83.9 Å². The van der Waals surface area contributed by atoms with Crippen molar-refractivity contribution in [1.29, 1.82) is 0 Å². The Morgan fingerprint density at radius 2 is 2.00 bits per heavy atom. The lowest BCUT2D eigenvalue weighted by molar-refractivity contribution is 0.217. The van der Waals surface area contributed by atoms with Crippen LogP contribution in [0.1, 0.15) is 19.8 Å². The van der Waals surface area contributed by atoms with E-state index in [4.69, 9.17) is 4.74 Å². The van der Waals surface area contributed by atoms with Crippen molar-refractivity contribution in [3.8, 4) is 0 Å². The molecule has 0 aliphatic carbocycles. The number of allylic oxidation sites excluding steroid dienone is 7. The summed E-state index contributed by atoms with van der Waals surface area (Å²) in [6.07, 6.45) is 26.2. The fraction of sp³-hybridized carbons (Fsp3) is 0.303. The van der Waals surface area contributed by atoms with Gasteiger partial charge in [0.25, 0.3) is 0 Å². The first-order valence-corrected chi connectivity index (χ1v) is 13.3. The van der Waals surface area contributed by atoms with Crippen molar-refractivity contribution in [3.05, 3.63) is 123 Å². The number of rotatable bonds is 18. The Morgan fingerprint density at radius 3 is 2.64 bits per heavy atom. The van der Waals surface area contributed by atoms with Crippen LogP contribution < -0.4 is 5.32 Å². The third-order valence-corrected chi connectivity index (χ3v) is 6.56. The molecule has 4 unspecified atom stereocenters. The molecule has 0 radical (unpaired) electrons. The molecule has 6 heteroatoms. The smallest absolute Gasteiger partial charge is 0.143 e. The molecule has 0 saturated carbocycles. The number of likely N-dealkylation sites (N-methyl/N-ethyl adjacent to an activating group) is 1. The molecular weight excluding hydrogens is 482 g/mol. The molecular formula is C33H43N5O. The molecule has 0 saturated heterocycles. The normalized spacial score (nSPS) is 19.5. The van der Waals surface area contributed by atoms with Crippen molar-refractivity contribution in [1.82, 2.24) is 10.2 Å². The maximum atomic E-state index is 5.79. The lowest BCUT2D eigenvalue weighted by Gasteiger charge is -2.34. The molecule has 0 aromatic heterocycles. The summed E-state index contributed by atoms with van der Waals surface area (Å²) in [7, 11) is 0. The van der Waals surface area contributed by atoms with Crippen LogP contribution in [0.15, 0.2) is 138 Å². The standard InChI is InChI=1S/C33H43N5O/c1-8-27-18-13-20-29(37-30(27)10-3)25-39-24-15-19-28(9-2)32(34-7)31(11-4)38(12-5)23-16-22-36-33-26(6)17-14-21-35-33/h8-11,14-18,20-22,24,28,31-33,36H,1-4,6-7,12-13,19,23,25H2,5H3/b22-16+,24-15+. The van der Waals surface area contributed by atoms with Gasteiger partial charge in [0.15, 0.2) is 0 Å². The molecule has 0 fully saturated rings. The zero-order valence-corrected chi connectivity index (χ0v) is 23.3. The highest BCUT2D eigenvalue weighted by atomic mass is 16.5. The predicted molar refractivity (Wildman–Crippen MR) is 169 cm³/mol. The molecule has 0 aromatic rings. The molecule has 0 bridgehead atoms. The number of nitrogens with zero attached hydrogens (tertiary/aromatic N) is 4. The largest absolute Gasteiger partial charge is 0.495 e. The van der Waals surface area contributed by atoms with Crippen LogP contribution >= 0.6 is 0 Å². The number of hydrogen-bond acceptors (Lipinski definition) is 6. The minimum Gasteiger partial charge on any atom is -0.495 e. The van der Waals surface area contributed by atoms with E-state index in [9.17, 15) is 0 Å². The summed E-state index contributed by atoms with van der Waals surface area (Å²) in [5.41, 5.74) is 3.58. The van der Waals surface area contributed by atoms with Crippen molar-refractivity contribution in [2.45, 2.75) is 38.0 Å². The van der Waals surface area contributed by atoms with Gasteiger partial charge in [-0.05, 0) is 61.7 Å². The SMILES string of the molecule is C=CC1=CCC=C(CO/C=C/CC(C=C)C(N=C)C(C=C)N(CC)C/C=C/NC2N=CC=CC2=C)N=C1C=C. The van der Waals surface area contributed by atoms with Gasteiger partial charge in [0.05, 0.1) is 29.8 Å². The van der Waals surface area contributed by atoms with Crippen LogP contribution in [0.3, 0.4) is 0 Å². The van der Waals surface area contributed by atoms with E-state index in [1.807, 2.05) is 42.7 Å². The summed E-state index contributed by atoms with van der Waals surface area (Å²) in [4.78, 5) is 15.8. The van der Waals surface area contributed by atoms with Crippen LogP contribution in [0.4, 0.5) is 0 Å². The topological polar surface area (TPSA) is 61.6 Å². The number of dihydropyridines is 1. The van der Waals surface area contributed by atoms with Gasteiger partial charge in [-0.1, -0.05) is 69.2 Å². The van der Waals surface area contributed by atoms with E-state index in [-0.39, 0.29) is 24.2 Å². The van der Waals surface area contributed by atoms with Gasteiger partial charge in [0, 0.05) is 18.7 Å². The second-order valence-electron chi connectivity index (χ2n) is 9.00. The van der Waals surface area contributed by atoms with Gasteiger partial charge in [0.1, 0.15) is 12.8 Å². The van der Waals surface area contributed by atoms with Crippen LogP contribution in [-0.4, -0.2) is 61.5 Å². The summed E-state index contributed by atoms with van der Waals surface area (Å²) >= 11 is 0. The molecule has 0 aromatic carbocycles. The Balaban J connectivity index is 1.94. The van der Waals surface area contributed by atoms with Gasteiger partial charge in [0.2, 0.25) is 0 Å². The van der Waals surface area contributed by atoms with E-state index in [0.29, 0.717) is 13.0 Å². The maximum absolute atomic E-state index is 5.79. The van der Waals surface area contributed by atoms with Crippen molar-refractivity contribution < 1.29 is 4.74 Å². The first-order valence-electron chi connectivity index (χ1n) is 13.3. The molecule has 2 aliphatic heterocycles. The molecule has 4 atom stereocenters. The number of hydrogen-bond donors (Lipinski definition) is 1.